The standard InChI is InChI=1S/C19H16N2O5S2/c22-19(14-6-2-1-3-7-14)20-15-10-12-16(13-11-15)21-27(23,24)17-8-4-5-9-18(17)28(21,25)26/h1-3,6-13H,4-5H2,(H,20,22). The van der Waals surface area contributed by atoms with Crippen LogP contribution in [0.5, 0.6) is 0 Å². The second kappa shape index (κ2) is 6.61. The van der Waals surface area contributed by atoms with Gasteiger partial charge in [-0.15, -0.1) is 0 Å². The molecule has 28 heavy (non-hydrogen) atoms. The summed E-state index contributed by atoms with van der Waals surface area (Å²) in [6.07, 6.45) is 3.84. The molecule has 0 unspecified atom stereocenters. The summed E-state index contributed by atoms with van der Waals surface area (Å²) in [5.74, 6) is -0.323. The topological polar surface area (TPSA) is 101 Å². The third-order valence-corrected chi connectivity index (χ3v) is 8.92. The average Bonchev–Trinajstić information content (AvgIpc) is 2.85. The van der Waals surface area contributed by atoms with E-state index in [9.17, 15) is 21.6 Å². The van der Waals surface area contributed by atoms with E-state index in [1.54, 1.807) is 30.3 Å². The molecule has 2 aromatic rings. The number of hydrogen-bond acceptors (Lipinski definition) is 5. The first-order valence-electron chi connectivity index (χ1n) is 8.49. The third-order valence-electron chi connectivity index (χ3n) is 4.43. The number of sulfonamides is 2. The van der Waals surface area contributed by atoms with Crippen molar-refractivity contribution in [3.05, 3.63) is 82.1 Å². The molecule has 2 aromatic carbocycles. The Morgan fingerprint density at radius 2 is 1.32 bits per heavy atom. The number of nitrogens with zero attached hydrogens (tertiary/aromatic N) is 1. The molecule has 144 valence electrons. The van der Waals surface area contributed by atoms with Crippen LogP contribution >= 0.6 is 0 Å². The highest BCUT2D eigenvalue weighted by Crippen LogP contribution is 2.43. The molecule has 0 aromatic heterocycles. The Hall–Kier alpha value is -2.91. The van der Waals surface area contributed by atoms with Crippen LogP contribution in [-0.2, 0) is 20.0 Å². The van der Waals surface area contributed by atoms with Gasteiger partial charge in [0.2, 0.25) is 0 Å². The number of rotatable bonds is 3. The monoisotopic (exact) mass is 416 g/mol. The maximum atomic E-state index is 12.8. The van der Waals surface area contributed by atoms with Crippen molar-refractivity contribution < 1.29 is 21.6 Å². The predicted molar refractivity (Wildman–Crippen MR) is 107 cm³/mol. The number of carbonyl (C=O) groups is 1. The number of allylic oxidation sites excluding steroid dienone is 2. The molecule has 1 fully saturated rings. The van der Waals surface area contributed by atoms with Crippen LogP contribution in [0.15, 0.2) is 76.6 Å². The van der Waals surface area contributed by atoms with E-state index in [0.717, 1.165) is 0 Å². The summed E-state index contributed by atoms with van der Waals surface area (Å²) in [5.41, 5.74) is 0.885. The van der Waals surface area contributed by atoms with Gasteiger partial charge in [-0.2, -0.15) is 20.5 Å². The normalized spacial score (nSPS) is 19.4. The molecule has 1 saturated heterocycles. The fraction of sp³-hybridized carbons (Fsp3) is 0.105. The molecule has 1 aliphatic heterocycles. The molecule has 0 atom stereocenters. The number of nitrogens with one attached hydrogen (secondary N) is 1. The molecule has 1 amide bonds. The highest BCUT2D eigenvalue weighted by molar-refractivity contribution is 8.18. The van der Waals surface area contributed by atoms with E-state index in [1.807, 2.05) is 0 Å². The van der Waals surface area contributed by atoms with Gasteiger partial charge in [0.25, 0.3) is 26.0 Å². The molecule has 0 radical (unpaired) electrons. The van der Waals surface area contributed by atoms with Gasteiger partial charge in [0.1, 0.15) is 9.81 Å². The zero-order valence-electron chi connectivity index (χ0n) is 14.6. The molecule has 1 N–H and O–H groups in total. The van der Waals surface area contributed by atoms with Crippen molar-refractivity contribution in [1.82, 2.24) is 0 Å². The Kier molecular flexibility index (Phi) is 4.35. The van der Waals surface area contributed by atoms with E-state index in [2.05, 4.69) is 5.32 Å². The maximum Gasteiger partial charge on any atom is 0.278 e. The van der Waals surface area contributed by atoms with Crippen LogP contribution in [0, 0.1) is 0 Å². The minimum atomic E-state index is -4.18. The van der Waals surface area contributed by atoms with Crippen LogP contribution in [-0.4, -0.2) is 22.7 Å². The molecule has 0 bridgehead atoms. The van der Waals surface area contributed by atoms with Crippen LogP contribution in [0.4, 0.5) is 11.4 Å². The molecule has 2 aliphatic rings. The van der Waals surface area contributed by atoms with Gasteiger partial charge < -0.3 is 5.32 Å². The van der Waals surface area contributed by atoms with Crippen molar-refractivity contribution in [3.63, 3.8) is 0 Å². The van der Waals surface area contributed by atoms with Crippen molar-refractivity contribution in [2.75, 3.05) is 9.03 Å². The first-order valence-corrected chi connectivity index (χ1v) is 11.4. The number of carbonyl (C=O) groups excluding carboxylic acids is 1. The van der Waals surface area contributed by atoms with E-state index >= 15 is 0 Å². The van der Waals surface area contributed by atoms with Crippen molar-refractivity contribution >= 4 is 37.3 Å². The number of fused-ring (bicyclic) bond motifs is 1. The highest BCUT2D eigenvalue weighted by Gasteiger charge is 2.50. The fourth-order valence-electron chi connectivity index (χ4n) is 3.14. The summed E-state index contributed by atoms with van der Waals surface area (Å²) in [5, 5.41) is 2.69. The Bertz CT molecular complexity index is 1160. The minimum absolute atomic E-state index is 0.00564. The van der Waals surface area contributed by atoms with Gasteiger partial charge in [0.05, 0.1) is 5.69 Å². The lowest BCUT2D eigenvalue weighted by atomic mass is 10.2. The third kappa shape index (κ3) is 2.92. The lowest BCUT2D eigenvalue weighted by Gasteiger charge is -2.16. The number of benzene rings is 2. The van der Waals surface area contributed by atoms with E-state index in [0.29, 0.717) is 27.8 Å². The van der Waals surface area contributed by atoms with E-state index in [4.69, 9.17) is 0 Å². The quantitative estimate of drug-likeness (QED) is 0.829. The first-order chi connectivity index (χ1) is 13.3. The molecule has 1 aliphatic carbocycles. The SMILES string of the molecule is O=C(Nc1ccc(N2S(=O)(=O)C3=CCCC=C3S2(=O)=O)cc1)c1ccccc1. The van der Waals surface area contributed by atoms with E-state index in [1.165, 1.54) is 36.4 Å². The molecule has 7 nitrogen and oxygen atoms in total. The Morgan fingerprint density at radius 1 is 0.786 bits per heavy atom. The summed E-state index contributed by atoms with van der Waals surface area (Å²) >= 11 is 0. The van der Waals surface area contributed by atoms with E-state index in [-0.39, 0.29) is 21.4 Å². The molecular formula is C19H16N2O5S2. The van der Waals surface area contributed by atoms with Gasteiger partial charge in [-0.1, -0.05) is 30.4 Å². The molecule has 4 rings (SSSR count). The lowest BCUT2D eigenvalue weighted by Crippen LogP contribution is -2.29. The summed E-state index contributed by atoms with van der Waals surface area (Å²) in [6.45, 7) is 0. The van der Waals surface area contributed by atoms with Crippen molar-refractivity contribution in [2.45, 2.75) is 12.8 Å². The number of anilines is 2. The highest BCUT2D eigenvalue weighted by atomic mass is 32.3. The van der Waals surface area contributed by atoms with Gasteiger partial charge in [-0.05, 0) is 49.2 Å². The minimum Gasteiger partial charge on any atom is -0.322 e. The molecule has 0 spiro atoms. The van der Waals surface area contributed by atoms with Crippen LogP contribution in [0.25, 0.3) is 0 Å². The second-order valence-corrected chi connectivity index (χ2v) is 10.0. The van der Waals surface area contributed by atoms with Gasteiger partial charge in [0, 0.05) is 11.3 Å². The zero-order valence-corrected chi connectivity index (χ0v) is 16.2. The number of amides is 1. The van der Waals surface area contributed by atoms with Crippen LogP contribution < -0.4 is 9.03 Å². The zero-order chi connectivity index (χ0) is 19.9. The largest absolute Gasteiger partial charge is 0.322 e. The van der Waals surface area contributed by atoms with Crippen molar-refractivity contribution in [2.24, 2.45) is 0 Å². The van der Waals surface area contributed by atoms with Gasteiger partial charge in [-0.3, -0.25) is 4.79 Å². The van der Waals surface area contributed by atoms with Crippen molar-refractivity contribution in [1.29, 1.82) is 0 Å². The summed E-state index contributed by atoms with van der Waals surface area (Å²) in [7, 11) is -8.35. The Balaban J connectivity index is 1.65. The Morgan fingerprint density at radius 3 is 1.86 bits per heavy atom. The summed E-state index contributed by atoms with van der Waals surface area (Å²) < 4.78 is 51.5. The van der Waals surface area contributed by atoms with Crippen molar-refractivity contribution in [3.8, 4) is 0 Å². The average molecular weight is 416 g/mol. The first kappa shape index (κ1) is 18.5. The molecule has 1 heterocycles. The molecule has 0 saturated carbocycles. The van der Waals surface area contributed by atoms with Gasteiger partial charge >= 0.3 is 0 Å². The van der Waals surface area contributed by atoms with Crippen LogP contribution in [0.1, 0.15) is 23.2 Å². The smallest absolute Gasteiger partial charge is 0.278 e. The lowest BCUT2D eigenvalue weighted by molar-refractivity contribution is 0.102. The second-order valence-electron chi connectivity index (χ2n) is 6.29. The number of hydrogen-bond donors (Lipinski definition) is 1. The summed E-state index contributed by atoms with van der Waals surface area (Å²) in [6, 6.07) is 14.2. The van der Waals surface area contributed by atoms with Crippen LogP contribution in [0.2, 0.25) is 0 Å². The van der Waals surface area contributed by atoms with E-state index < -0.39 is 20.0 Å². The molecule has 9 heteroatoms. The fourth-order valence-corrected chi connectivity index (χ4v) is 7.77. The predicted octanol–water partition coefficient (Wildman–Crippen LogP) is 2.98. The van der Waals surface area contributed by atoms with Gasteiger partial charge in [0.15, 0.2) is 0 Å². The maximum absolute atomic E-state index is 12.8. The Labute approximate surface area is 163 Å². The van der Waals surface area contributed by atoms with Crippen LogP contribution in [0.3, 0.4) is 0 Å². The van der Waals surface area contributed by atoms with Gasteiger partial charge in [-0.25, -0.2) is 0 Å². The molecular weight excluding hydrogens is 400 g/mol. The summed E-state index contributed by atoms with van der Waals surface area (Å²) in [4.78, 5) is 11.9.